The summed E-state index contributed by atoms with van der Waals surface area (Å²) < 4.78 is 38.6. The van der Waals surface area contributed by atoms with Crippen molar-refractivity contribution in [2.45, 2.75) is 12.7 Å². The van der Waals surface area contributed by atoms with E-state index in [2.05, 4.69) is 36.2 Å². The highest BCUT2D eigenvalue weighted by atomic mass is 79.9. The van der Waals surface area contributed by atoms with E-state index in [0.29, 0.717) is 5.82 Å². The highest BCUT2D eigenvalue weighted by molar-refractivity contribution is 9.10. The first-order valence-corrected chi connectivity index (χ1v) is 5.71. The van der Waals surface area contributed by atoms with E-state index in [-0.39, 0.29) is 16.8 Å². The van der Waals surface area contributed by atoms with Gasteiger partial charge in [0.2, 0.25) is 0 Å². The number of aromatic nitrogens is 3. The first-order chi connectivity index (χ1) is 8.47. The molecule has 4 nitrogen and oxygen atoms in total. The Bertz CT molecular complexity index is 524. The molecule has 18 heavy (non-hydrogen) atoms. The molecule has 0 spiro atoms. The van der Waals surface area contributed by atoms with Crippen molar-refractivity contribution in [1.29, 1.82) is 0 Å². The van der Waals surface area contributed by atoms with Gasteiger partial charge in [0.05, 0.1) is 12.1 Å². The first kappa shape index (κ1) is 12.9. The molecule has 2 heterocycles. The normalized spacial score (nSPS) is 11.6. The lowest BCUT2D eigenvalue weighted by atomic mass is 10.2. The number of nitrogens with one attached hydrogen (secondary N) is 2. The molecule has 0 aliphatic rings. The largest absolute Gasteiger partial charge is 0.419 e. The van der Waals surface area contributed by atoms with Crippen molar-refractivity contribution in [2.24, 2.45) is 0 Å². The molecule has 0 saturated carbocycles. The monoisotopic (exact) mass is 320 g/mol. The van der Waals surface area contributed by atoms with Gasteiger partial charge >= 0.3 is 6.18 Å². The Morgan fingerprint density at radius 2 is 2.11 bits per heavy atom. The molecule has 0 aliphatic carbocycles. The molecule has 0 atom stereocenters. The molecule has 2 aromatic rings. The molecule has 2 rings (SSSR count). The summed E-state index contributed by atoms with van der Waals surface area (Å²) in [7, 11) is 0. The van der Waals surface area contributed by atoms with Gasteiger partial charge in [-0.15, -0.1) is 0 Å². The predicted molar refractivity (Wildman–Crippen MR) is 62.9 cm³/mol. The molecule has 0 fully saturated rings. The van der Waals surface area contributed by atoms with Crippen LogP contribution < -0.4 is 5.32 Å². The summed E-state index contributed by atoms with van der Waals surface area (Å²) in [4.78, 5) is 10.4. The number of hydrogen-bond donors (Lipinski definition) is 2. The minimum absolute atomic E-state index is 0.144. The Balaban J connectivity index is 2.22. The predicted octanol–water partition coefficient (Wildman–Crippen LogP) is 3.20. The second-order valence-corrected chi connectivity index (χ2v) is 4.35. The van der Waals surface area contributed by atoms with E-state index in [4.69, 9.17) is 0 Å². The SMILES string of the molecule is FC(F)(F)c1cc(Br)cnc1NCc1ncc[nH]1. The molecule has 8 heteroatoms. The van der Waals surface area contributed by atoms with Crippen LogP contribution in [0, 0.1) is 0 Å². The van der Waals surface area contributed by atoms with Crippen LogP contribution in [0.4, 0.5) is 19.0 Å². The summed E-state index contributed by atoms with van der Waals surface area (Å²) in [6, 6.07) is 0.984. The molecule has 0 aromatic carbocycles. The van der Waals surface area contributed by atoms with Crippen molar-refractivity contribution in [2.75, 3.05) is 5.32 Å². The topological polar surface area (TPSA) is 53.6 Å². The van der Waals surface area contributed by atoms with Gasteiger partial charge in [-0.3, -0.25) is 0 Å². The number of H-pyrrole nitrogens is 1. The number of imidazole rings is 1. The van der Waals surface area contributed by atoms with Crippen molar-refractivity contribution < 1.29 is 13.2 Å². The molecule has 0 saturated heterocycles. The maximum Gasteiger partial charge on any atom is 0.419 e. The summed E-state index contributed by atoms with van der Waals surface area (Å²) >= 11 is 2.97. The third-order valence-electron chi connectivity index (χ3n) is 2.14. The van der Waals surface area contributed by atoms with Crippen molar-refractivity contribution in [3.05, 3.63) is 40.5 Å². The van der Waals surface area contributed by atoms with E-state index in [0.717, 1.165) is 6.07 Å². The van der Waals surface area contributed by atoms with Crippen LogP contribution in [0.2, 0.25) is 0 Å². The highest BCUT2D eigenvalue weighted by Crippen LogP contribution is 2.35. The zero-order valence-electron chi connectivity index (χ0n) is 8.92. The van der Waals surface area contributed by atoms with Crippen LogP contribution in [-0.2, 0) is 12.7 Å². The summed E-state index contributed by atoms with van der Waals surface area (Å²) in [6.45, 7) is 0.144. The number of nitrogens with zero attached hydrogens (tertiary/aromatic N) is 2. The lowest BCUT2D eigenvalue weighted by Gasteiger charge is -2.13. The van der Waals surface area contributed by atoms with Crippen LogP contribution >= 0.6 is 15.9 Å². The van der Waals surface area contributed by atoms with Crippen LogP contribution in [-0.4, -0.2) is 15.0 Å². The Morgan fingerprint density at radius 3 is 2.72 bits per heavy atom. The average molecular weight is 321 g/mol. The number of pyridine rings is 1. The lowest BCUT2D eigenvalue weighted by molar-refractivity contribution is -0.137. The molecule has 0 radical (unpaired) electrons. The van der Waals surface area contributed by atoms with Gasteiger partial charge in [0.15, 0.2) is 0 Å². The van der Waals surface area contributed by atoms with Gasteiger partial charge < -0.3 is 10.3 Å². The quantitative estimate of drug-likeness (QED) is 0.913. The fourth-order valence-corrected chi connectivity index (χ4v) is 1.69. The summed E-state index contributed by atoms with van der Waals surface area (Å²) in [5.41, 5.74) is -0.816. The maximum absolute atomic E-state index is 12.8. The van der Waals surface area contributed by atoms with E-state index in [1.807, 2.05) is 0 Å². The molecular weight excluding hydrogens is 313 g/mol. The van der Waals surface area contributed by atoms with Gasteiger partial charge in [-0.2, -0.15) is 13.2 Å². The highest BCUT2D eigenvalue weighted by Gasteiger charge is 2.34. The second kappa shape index (κ2) is 4.97. The number of halogens is 4. The Labute approximate surface area is 109 Å². The van der Waals surface area contributed by atoms with Crippen molar-refractivity contribution in [3.8, 4) is 0 Å². The van der Waals surface area contributed by atoms with Crippen LogP contribution in [0.3, 0.4) is 0 Å². The lowest BCUT2D eigenvalue weighted by Crippen LogP contribution is -2.12. The maximum atomic E-state index is 12.8. The minimum atomic E-state index is -4.46. The van der Waals surface area contributed by atoms with Gasteiger partial charge in [0.25, 0.3) is 0 Å². The van der Waals surface area contributed by atoms with Gasteiger partial charge in [-0.05, 0) is 22.0 Å². The molecule has 0 aliphatic heterocycles. The summed E-state index contributed by atoms with van der Waals surface area (Å²) in [6.07, 6.45) is -0.0324. The van der Waals surface area contributed by atoms with Crippen molar-refractivity contribution >= 4 is 21.7 Å². The molecule has 2 N–H and O–H groups in total. The average Bonchev–Trinajstić information content (AvgIpc) is 2.79. The third kappa shape index (κ3) is 3.00. The van der Waals surface area contributed by atoms with Crippen LogP contribution in [0.15, 0.2) is 29.1 Å². The van der Waals surface area contributed by atoms with E-state index in [9.17, 15) is 13.2 Å². The number of anilines is 1. The van der Waals surface area contributed by atoms with Crippen LogP contribution in [0.5, 0.6) is 0 Å². The number of alkyl halides is 3. The smallest absolute Gasteiger partial charge is 0.362 e. The number of rotatable bonds is 3. The second-order valence-electron chi connectivity index (χ2n) is 3.44. The zero-order chi connectivity index (χ0) is 13.2. The van der Waals surface area contributed by atoms with Gasteiger partial charge in [-0.1, -0.05) is 0 Å². The first-order valence-electron chi connectivity index (χ1n) is 4.91. The van der Waals surface area contributed by atoms with E-state index >= 15 is 0 Å². The molecular formula is C10H8BrF3N4. The molecule has 0 amide bonds. The van der Waals surface area contributed by atoms with Gasteiger partial charge in [0, 0.05) is 23.1 Å². The summed E-state index contributed by atoms with van der Waals surface area (Å²) in [5, 5.41) is 2.60. The van der Waals surface area contributed by atoms with Crippen LogP contribution in [0.1, 0.15) is 11.4 Å². The zero-order valence-corrected chi connectivity index (χ0v) is 10.5. The fraction of sp³-hybridized carbons (Fsp3) is 0.200. The standard InChI is InChI=1S/C10H8BrF3N4/c11-6-3-7(10(12,13)14)9(17-4-6)18-5-8-15-1-2-16-8/h1-4H,5H2,(H,15,16)(H,17,18). The fourth-order valence-electron chi connectivity index (χ4n) is 1.36. The minimum Gasteiger partial charge on any atom is -0.362 e. The summed E-state index contributed by atoms with van der Waals surface area (Å²) in [5.74, 6) is 0.315. The Hall–Kier alpha value is -1.57. The Morgan fingerprint density at radius 1 is 1.33 bits per heavy atom. The van der Waals surface area contributed by atoms with E-state index < -0.39 is 11.7 Å². The van der Waals surface area contributed by atoms with Gasteiger partial charge in [0.1, 0.15) is 11.6 Å². The molecule has 2 aromatic heterocycles. The molecule has 0 bridgehead atoms. The van der Waals surface area contributed by atoms with Crippen molar-refractivity contribution in [1.82, 2.24) is 15.0 Å². The van der Waals surface area contributed by atoms with Crippen LogP contribution in [0.25, 0.3) is 0 Å². The van der Waals surface area contributed by atoms with E-state index in [1.54, 1.807) is 6.20 Å². The Kier molecular flexibility index (Phi) is 3.55. The number of hydrogen-bond acceptors (Lipinski definition) is 3. The van der Waals surface area contributed by atoms with Gasteiger partial charge in [-0.25, -0.2) is 9.97 Å². The van der Waals surface area contributed by atoms with E-state index in [1.165, 1.54) is 12.4 Å². The molecule has 96 valence electrons. The molecule has 0 unspecified atom stereocenters. The number of aromatic amines is 1. The third-order valence-corrected chi connectivity index (χ3v) is 2.57. The van der Waals surface area contributed by atoms with Crippen molar-refractivity contribution in [3.63, 3.8) is 0 Å².